The largest absolute Gasteiger partial charge is 0.463 e. The van der Waals surface area contributed by atoms with Crippen LogP contribution < -0.4 is 11.1 Å². The smallest absolute Gasteiger partial charge is 0.376 e. The zero-order chi connectivity index (χ0) is 11.3. The van der Waals surface area contributed by atoms with Crippen LogP contribution in [-0.4, -0.2) is 35.6 Å². The third kappa shape index (κ3) is 3.17. The van der Waals surface area contributed by atoms with Gasteiger partial charge in [0, 0.05) is 18.8 Å². The average molecular weight is 210 g/mol. The second-order valence-electron chi connectivity index (χ2n) is 3.04. The number of rotatable bonds is 4. The predicted octanol–water partition coefficient (Wildman–Crippen LogP) is 0.0223. The minimum atomic E-state index is -0.556. The molecule has 1 heterocycles. The highest BCUT2D eigenvalue weighted by Crippen LogP contribution is 2.04. The van der Waals surface area contributed by atoms with Crippen LogP contribution >= 0.6 is 0 Å². The van der Waals surface area contributed by atoms with Gasteiger partial charge in [0.15, 0.2) is 0 Å². The summed E-state index contributed by atoms with van der Waals surface area (Å²) in [6.45, 7) is 2.40. The van der Waals surface area contributed by atoms with E-state index in [1.54, 1.807) is 6.07 Å². The van der Waals surface area contributed by atoms with Crippen molar-refractivity contribution in [3.8, 4) is 0 Å². The van der Waals surface area contributed by atoms with Crippen molar-refractivity contribution in [2.45, 2.75) is 13.0 Å². The molecule has 6 nitrogen and oxygen atoms in total. The molecule has 0 bridgehead atoms. The van der Waals surface area contributed by atoms with Crippen molar-refractivity contribution in [2.24, 2.45) is 5.73 Å². The van der Waals surface area contributed by atoms with Crippen molar-refractivity contribution in [1.29, 1.82) is 0 Å². The molecule has 15 heavy (non-hydrogen) atoms. The molecule has 0 aromatic carbocycles. The Bertz CT molecular complexity index is 343. The van der Waals surface area contributed by atoms with Crippen LogP contribution in [0, 0.1) is 0 Å². The molecule has 1 atom stereocenters. The molecule has 82 valence electrons. The highest BCUT2D eigenvalue weighted by molar-refractivity contribution is 5.85. The van der Waals surface area contributed by atoms with Crippen molar-refractivity contribution in [2.75, 3.05) is 19.0 Å². The summed E-state index contributed by atoms with van der Waals surface area (Å²) in [5, 5.41) is 3.03. The first-order valence-corrected chi connectivity index (χ1v) is 4.55. The van der Waals surface area contributed by atoms with E-state index in [4.69, 9.17) is 5.73 Å². The molecule has 0 saturated carbocycles. The van der Waals surface area contributed by atoms with Crippen molar-refractivity contribution < 1.29 is 9.53 Å². The Balaban J connectivity index is 2.78. The zero-order valence-electron chi connectivity index (χ0n) is 8.73. The molecule has 6 heteroatoms. The minimum absolute atomic E-state index is 0.0340. The van der Waals surface area contributed by atoms with Crippen LogP contribution in [0.3, 0.4) is 0 Å². The number of nitrogens with zero attached hydrogens (tertiary/aromatic N) is 2. The predicted molar refractivity (Wildman–Crippen MR) is 55.5 cm³/mol. The Kier molecular flexibility index (Phi) is 3.99. The lowest BCUT2D eigenvalue weighted by Gasteiger charge is -2.11. The molecule has 0 amide bonds. The van der Waals surface area contributed by atoms with E-state index in [1.807, 2.05) is 6.92 Å². The number of nitrogens with two attached hydrogens (primary N) is 1. The summed E-state index contributed by atoms with van der Waals surface area (Å²) in [6.07, 6.45) is 1.49. The number of esters is 1. The van der Waals surface area contributed by atoms with E-state index >= 15 is 0 Å². The normalized spacial score (nSPS) is 11.9. The van der Waals surface area contributed by atoms with Gasteiger partial charge >= 0.3 is 5.97 Å². The van der Waals surface area contributed by atoms with Crippen LogP contribution in [0.2, 0.25) is 0 Å². The second-order valence-corrected chi connectivity index (χ2v) is 3.04. The molecule has 0 aliphatic heterocycles. The van der Waals surface area contributed by atoms with Crippen LogP contribution in [0.5, 0.6) is 0 Å². The first-order valence-electron chi connectivity index (χ1n) is 4.55. The number of nitrogens with one attached hydrogen (secondary N) is 1. The fourth-order valence-electron chi connectivity index (χ4n) is 0.940. The summed E-state index contributed by atoms with van der Waals surface area (Å²) >= 11 is 0. The summed E-state index contributed by atoms with van der Waals surface area (Å²) in [5.41, 5.74) is 5.45. The molecule has 1 unspecified atom stereocenters. The lowest BCUT2D eigenvalue weighted by Crippen LogP contribution is -2.26. The molecule has 0 aliphatic rings. The summed E-state index contributed by atoms with van der Waals surface area (Å²) in [6, 6.07) is 1.75. The van der Waals surface area contributed by atoms with Gasteiger partial charge in [-0.05, 0) is 13.0 Å². The Hall–Kier alpha value is -1.69. The van der Waals surface area contributed by atoms with Crippen molar-refractivity contribution in [3.05, 3.63) is 18.1 Å². The first-order chi connectivity index (χ1) is 7.17. The average Bonchev–Trinajstić information content (AvgIpc) is 2.28. The van der Waals surface area contributed by atoms with Gasteiger partial charge in [-0.15, -0.1) is 0 Å². The molecular formula is C9H14N4O2. The zero-order valence-corrected chi connectivity index (χ0v) is 8.73. The number of ether oxygens (including phenoxy) is 1. The number of methoxy groups -OCH3 is 1. The molecule has 1 aromatic heterocycles. The van der Waals surface area contributed by atoms with Gasteiger partial charge in [0.25, 0.3) is 0 Å². The fraction of sp³-hybridized carbons (Fsp3) is 0.444. The van der Waals surface area contributed by atoms with E-state index < -0.39 is 5.97 Å². The maximum absolute atomic E-state index is 11.1. The first kappa shape index (κ1) is 11.4. The number of carbonyl (C=O) groups is 1. The van der Waals surface area contributed by atoms with Crippen molar-refractivity contribution in [3.63, 3.8) is 0 Å². The lowest BCUT2D eigenvalue weighted by molar-refractivity contribution is 0.0587. The van der Waals surface area contributed by atoms with E-state index in [2.05, 4.69) is 20.0 Å². The Morgan fingerprint density at radius 1 is 1.73 bits per heavy atom. The third-order valence-electron chi connectivity index (χ3n) is 1.77. The number of hydrogen-bond acceptors (Lipinski definition) is 6. The summed E-state index contributed by atoms with van der Waals surface area (Å²) < 4.78 is 4.51. The molecular weight excluding hydrogens is 196 g/mol. The molecule has 0 spiro atoms. The Morgan fingerprint density at radius 2 is 2.47 bits per heavy atom. The van der Waals surface area contributed by atoms with Gasteiger partial charge < -0.3 is 15.8 Å². The van der Waals surface area contributed by atoms with Crippen molar-refractivity contribution >= 4 is 11.8 Å². The maximum Gasteiger partial charge on any atom is 0.376 e. The van der Waals surface area contributed by atoms with Gasteiger partial charge in [-0.1, -0.05) is 0 Å². The maximum atomic E-state index is 11.1. The number of hydrogen-bond donors (Lipinski definition) is 2. The van der Waals surface area contributed by atoms with Crippen LogP contribution in [-0.2, 0) is 4.74 Å². The molecule has 1 rings (SSSR count). The third-order valence-corrected chi connectivity index (χ3v) is 1.77. The van der Waals surface area contributed by atoms with Gasteiger partial charge in [0.2, 0.25) is 5.82 Å². The van der Waals surface area contributed by atoms with Crippen LogP contribution in [0.1, 0.15) is 17.5 Å². The lowest BCUT2D eigenvalue weighted by atomic mass is 10.3. The van der Waals surface area contributed by atoms with E-state index in [0.29, 0.717) is 12.4 Å². The van der Waals surface area contributed by atoms with E-state index in [9.17, 15) is 4.79 Å². The fourth-order valence-corrected chi connectivity index (χ4v) is 0.940. The number of carbonyl (C=O) groups excluding carboxylic acids is 1. The summed E-state index contributed by atoms with van der Waals surface area (Å²) in [7, 11) is 1.29. The molecule has 1 aromatic rings. The SMILES string of the molecule is COC(=O)c1nccc(NC(C)CN)n1. The summed E-state index contributed by atoms with van der Waals surface area (Å²) in [5.74, 6) is 0.0362. The Labute approximate surface area is 87.9 Å². The monoisotopic (exact) mass is 210 g/mol. The van der Waals surface area contributed by atoms with Gasteiger partial charge in [0.05, 0.1) is 7.11 Å². The number of anilines is 1. The highest BCUT2D eigenvalue weighted by atomic mass is 16.5. The van der Waals surface area contributed by atoms with Crippen LogP contribution in [0.15, 0.2) is 12.3 Å². The van der Waals surface area contributed by atoms with Gasteiger partial charge in [-0.25, -0.2) is 14.8 Å². The highest BCUT2D eigenvalue weighted by Gasteiger charge is 2.09. The Morgan fingerprint density at radius 3 is 3.07 bits per heavy atom. The van der Waals surface area contributed by atoms with Gasteiger partial charge in [-0.3, -0.25) is 0 Å². The van der Waals surface area contributed by atoms with E-state index in [1.165, 1.54) is 13.3 Å². The molecule has 0 aliphatic carbocycles. The quantitative estimate of drug-likeness (QED) is 0.681. The number of aromatic nitrogens is 2. The molecule has 0 fully saturated rings. The van der Waals surface area contributed by atoms with Crippen LogP contribution in [0.25, 0.3) is 0 Å². The minimum Gasteiger partial charge on any atom is -0.463 e. The molecule has 3 N–H and O–H groups in total. The van der Waals surface area contributed by atoms with Crippen LogP contribution in [0.4, 0.5) is 5.82 Å². The molecule has 0 radical (unpaired) electrons. The molecule has 0 saturated heterocycles. The topological polar surface area (TPSA) is 90.1 Å². The second kappa shape index (κ2) is 5.26. The van der Waals surface area contributed by atoms with E-state index in [0.717, 1.165) is 0 Å². The van der Waals surface area contributed by atoms with Crippen molar-refractivity contribution in [1.82, 2.24) is 9.97 Å². The van der Waals surface area contributed by atoms with Gasteiger partial charge in [0.1, 0.15) is 5.82 Å². The van der Waals surface area contributed by atoms with Gasteiger partial charge in [-0.2, -0.15) is 0 Å². The standard InChI is InChI=1S/C9H14N4O2/c1-6(5-10)12-7-3-4-11-8(13-7)9(14)15-2/h3-4,6H,5,10H2,1-2H3,(H,11,12,13). The van der Waals surface area contributed by atoms with E-state index in [-0.39, 0.29) is 11.9 Å². The summed E-state index contributed by atoms with van der Waals surface area (Å²) in [4.78, 5) is 18.9.